The van der Waals surface area contributed by atoms with E-state index in [1.54, 1.807) is 0 Å². The summed E-state index contributed by atoms with van der Waals surface area (Å²) in [6.07, 6.45) is 3.21. The zero-order chi connectivity index (χ0) is 13.6. The molecular weight excluding hydrogens is 244 g/mol. The highest BCUT2D eigenvalue weighted by atomic mass is 16.6. The topological polar surface area (TPSA) is 52.6 Å². The molecule has 0 radical (unpaired) electrons. The van der Waals surface area contributed by atoms with Crippen LogP contribution in [0, 0.1) is 29.6 Å². The van der Waals surface area contributed by atoms with E-state index in [0.29, 0.717) is 17.8 Å². The Labute approximate surface area is 113 Å². The fourth-order valence-corrected chi connectivity index (χ4v) is 4.24. The molecule has 4 nitrogen and oxygen atoms in total. The molecule has 1 heterocycles. The molecule has 19 heavy (non-hydrogen) atoms. The van der Waals surface area contributed by atoms with Gasteiger partial charge in [-0.1, -0.05) is 13.8 Å². The van der Waals surface area contributed by atoms with Crippen LogP contribution in [0.5, 0.6) is 0 Å². The first-order valence-electron chi connectivity index (χ1n) is 7.40. The van der Waals surface area contributed by atoms with Crippen molar-refractivity contribution in [1.82, 2.24) is 0 Å². The van der Waals surface area contributed by atoms with Gasteiger partial charge >= 0.3 is 11.9 Å². The first kappa shape index (κ1) is 12.9. The van der Waals surface area contributed by atoms with Crippen molar-refractivity contribution < 1.29 is 19.1 Å². The first-order chi connectivity index (χ1) is 9.04. The molecule has 106 valence electrons. The molecule has 5 atom stereocenters. The van der Waals surface area contributed by atoms with Crippen LogP contribution >= 0.6 is 0 Å². The van der Waals surface area contributed by atoms with Gasteiger partial charge in [0.25, 0.3) is 0 Å². The zero-order valence-electron chi connectivity index (χ0n) is 11.6. The number of rotatable bonds is 3. The number of hydrogen-bond donors (Lipinski definition) is 0. The Bertz CT molecular complexity index is 390. The van der Waals surface area contributed by atoms with E-state index in [4.69, 9.17) is 9.47 Å². The van der Waals surface area contributed by atoms with E-state index < -0.39 is 0 Å². The highest BCUT2D eigenvalue weighted by Crippen LogP contribution is 2.54. The molecule has 0 aromatic rings. The summed E-state index contributed by atoms with van der Waals surface area (Å²) in [5.74, 6) is 2.41. The minimum atomic E-state index is -0.347. The number of hydrogen-bond acceptors (Lipinski definition) is 4. The molecule has 0 spiro atoms. The van der Waals surface area contributed by atoms with Crippen LogP contribution in [-0.2, 0) is 19.1 Å². The Balaban J connectivity index is 1.55. The number of esters is 2. The van der Waals surface area contributed by atoms with E-state index in [1.165, 1.54) is 12.8 Å². The Kier molecular flexibility index (Phi) is 3.27. The smallest absolute Gasteiger partial charge is 0.309 e. The summed E-state index contributed by atoms with van der Waals surface area (Å²) in [6, 6.07) is 0. The average molecular weight is 266 g/mol. The predicted molar refractivity (Wildman–Crippen MR) is 68.1 cm³/mol. The Morgan fingerprint density at radius 1 is 1.26 bits per heavy atom. The quantitative estimate of drug-likeness (QED) is 0.735. The highest BCUT2D eigenvalue weighted by Gasteiger charge is 2.50. The van der Waals surface area contributed by atoms with Gasteiger partial charge in [0.05, 0.1) is 12.3 Å². The van der Waals surface area contributed by atoms with Gasteiger partial charge in [0.2, 0.25) is 0 Å². The van der Waals surface area contributed by atoms with E-state index in [2.05, 4.69) is 13.8 Å². The van der Waals surface area contributed by atoms with Gasteiger partial charge in [0.15, 0.2) is 0 Å². The molecule has 1 saturated heterocycles. The minimum Gasteiger partial charge on any atom is -0.462 e. The normalized spacial score (nSPS) is 40.8. The third-order valence-corrected chi connectivity index (χ3v) is 5.18. The van der Waals surface area contributed by atoms with Crippen molar-refractivity contribution in [3.63, 3.8) is 0 Å². The molecule has 2 bridgehead atoms. The molecule has 0 amide bonds. The van der Waals surface area contributed by atoms with Crippen molar-refractivity contribution in [2.45, 2.75) is 45.6 Å². The zero-order valence-corrected chi connectivity index (χ0v) is 11.6. The number of cyclic esters (lactones) is 1. The monoisotopic (exact) mass is 266 g/mol. The van der Waals surface area contributed by atoms with Crippen LogP contribution in [0.4, 0.5) is 0 Å². The van der Waals surface area contributed by atoms with Gasteiger partial charge in [-0.15, -0.1) is 0 Å². The standard InChI is InChI=1S/C15H22O4/c1-8(2)12-4-10-3-9(12)5-13(10)15(17)19-11-6-14(16)18-7-11/h8-13H,3-7H2,1-2H3. The van der Waals surface area contributed by atoms with Crippen molar-refractivity contribution in [2.75, 3.05) is 6.61 Å². The maximum absolute atomic E-state index is 12.2. The molecule has 3 fully saturated rings. The van der Waals surface area contributed by atoms with Gasteiger partial charge in [0, 0.05) is 0 Å². The van der Waals surface area contributed by atoms with E-state index in [9.17, 15) is 9.59 Å². The largest absolute Gasteiger partial charge is 0.462 e. The van der Waals surface area contributed by atoms with E-state index in [0.717, 1.165) is 12.3 Å². The van der Waals surface area contributed by atoms with Crippen LogP contribution in [0.25, 0.3) is 0 Å². The van der Waals surface area contributed by atoms with Crippen LogP contribution in [-0.4, -0.2) is 24.6 Å². The summed E-state index contributed by atoms with van der Waals surface area (Å²) < 4.78 is 10.3. The lowest BCUT2D eigenvalue weighted by Gasteiger charge is -2.29. The third kappa shape index (κ3) is 2.37. The van der Waals surface area contributed by atoms with Crippen molar-refractivity contribution in [3.8, 4) is 0 Å². The van der Waals surface area contributed by atoms with Crippen LogP contribution in [0.1, 0.15) is 39.5 Å². The Hall–Kier alpha value is -1.06. The first-order valence-corrected chi connectivity index (χ1v) is 7.40. The lowest BCUT2D eigenvalue weighted by molar-refractivity contribution is -0.156. The third-order valence-electron chi connectivity index (χ3n) is 5.18. The maximum atomic E-state index is 12.2. The number of fused-ring (bicyclic) bond motifs is 2. The van der Waals surface area contributed by atoms with Crippen molar-refractivity contribution in [2.24, 2.45) is 29.6 Å². The highest BCUT2D eigenvalue weighted by molar-refractivity contribution is 5.76. The summed E-state index contributed by atoms with van der Waals surface area (Å²) in [7, 11) is 0. The number of carbonyl (C=O) groups is 2. The molecule has 2 saturated carbocycles. The SMILES string of the molecule is CC(C)C1CC2CC1CC2C(=O)OC1COC(=O)C1. The second kappa shape index (κ2) is 4.80. The van der Waals surface area contributed by atoms with Gasteiger partial charge in [-0.25, -0.2) is 0 Å². The van der Waals surface area contributed by atoms with Crippen molar-refractivity contribution >= 4 is 11.9 Å². The van der Waals surface area contributed by atoms with Gasteiger partial charge in [-0.3, -0.25) is 9.59 Å². The van der Waals surface area contributed by atoms with Gasteiger partial charge < -0.3 is 9.47 Å². The van der Waals surface area contributed by atoms with Gasteiger partial charge in [-0.05, 0) is 42.9 Å². The lowest BCUT2D eigenvalue weighted by atomic mass is 9.77. The Morgan fingerprint density at radius 3 is 2.58 bits per heavy atom. The molecule has 0 aromatic carbocycles. The maximum Gasteiger partial charge on any atom is 0.309 e. The van der Waals surface area contributed by atoms with Crippen LogP contribution in [0.2, 0.25) is 0 Å². The molecule has 5 unspecified atom stereocenters. The molecule has 0 aromatic heterocycles. The van der Waals surface area contributed by atoms with Crippen molar-refractivity contribution in [1.29, 1.82) is 0 Å². The number of ether oxygens (including phenoxy) is 2. The molecule has 3 rings (SSSR count). The van der Waals surface area contributed by atoms with Crippen LogP contribution < -0.4 is 0 Å². The second-order valence-electron chi connectivity index (χ2n) is 6.69. The Morgan fingerprint density at radius 2 is 2.05 bits per heavy atom. The minimum absolute atomic E-state index is 0.0655. The lowest BCUT2D eigenvalue weighted by Crippen LogP contribution is -2.30. The molecule has 2 aliphatic carbocycles. The van der Waals surface area contributed by atoms with E-state index in [1.807, 2.05) is 0 Å². The molecule has 1 aliphatic heterocycles. The molecular formula is C15H22O4. The average Bonchev–Trinajstić information content (AvgIpc) is 3.03. The second-order valence-corrected chi connectivity index (χ2v) is 6.69. The molecule has 0 N–H and O–H groups in total. The fourth-order valence-electron chi connectivity index (χ4n) is 4.24. The summed E-state index contributed by atoms with van der Waals surface area (Å²) in [5, 5.41) is 0. The predicted octanol–water partition coefficient (Wildman–Crippen LogP) is 2.16. The summed E-state index contributed by atoms with van der Waals surface area (Å²) in [4.78, 5) is 23.2. The summed E-state index contributed by atoms with van der Waals surface area (Å²) in [6.45, 7) is 4.79. The van der Waals surface area contributed by atoms with Crippen LogP contribution in [0.15, 0.2) is 0 Å². The van der Waals surface area contributed by atoms with Crippen LogP contribution in [0.3, 0.4) is 0 Å². The molecule has 3 aliphatic rings. The van der Waals surface area contributed by atoms with E-state index in [-0.39, 0.29) is 37.0 Å². The van der Waals surface area contributed by atoms with Crippen molar-refractivity contribution in [3.05, 3.63) is 0 Å². The summed E-state index contributed by atoms with van der Waals surface area (Å²) >= 11 is 0. The molecule has 4 heteroatoms. The number of carbonyl (C=O) groups excluding carboxylic acids is 2. The van der Waals surface area contributed by atoms with Gasteiger partial charge in [0.1, 0.15) is 12.7 Å². The van der Waals surface area contributed by atoms with E-state index >= 15 is 0 Å². The fraction of sp³-hybridized carbons (Fsp3) is 0.867. The summed E-state index contributed by atoms with van der Waals surface area (Å²) in [5.41, 5.74) is 0. The van der Waals surface area contributed by atoms with Gasteiger partial charge in [-0.2, -0.15) is 0 Å².